The average molecular weight is 462 g/mol. The highest BCUT2D eigenvalue weighted by atomic mass is 16.4. The second-order valence-corrected chi connectivity index (χ2v) is 8.21. The molecule has 33 heavy (non-hydrogen) atoms. The summed E-state index contributed by atoms with van der Waals surface area (Å²) in [5.41, 5.74) is 7.74. The molecule has 0 aliphatic carbocycles. The van der Waals surface area contributed by atoms with E-state index in [0.717, 1.165) is 16.5 Å². The van der Waals surface area contributed by atoms with Crippen molar-refractivity contribution in [3.63, 3.8) is 0 Å². The van der Waals surface area contributed by atoms with Crippen LogP contribution in [0.15, 0.2) is 30.5 Å². The Morgan fingerprint density at radius 2 is 1.67 bits per heavy atom. The number of fused-ring (bicyclic) bond motifs is 1. The largest absolute Gasteiger partial charge is 0.480 e. The fourth-order valence-corrected chi connectivity index (χ4v) is 3.27. The Bertz CT molecular complexity index is 1000. The van der Waals surface area contributed by atoms with Gasteiger partial charge in [0, 0.05) is 17.1 Å². The van der Waals surface area contributed by atoms with Crippen molar-refractivity contribution in [1.29, 1.82) is 0 Å². The summed E-state index contributed by atoms with van der Waals surface area (Å²) in [6.45, 7) is 3.93. The van der Waals surface area contributed by atoms with Gasteiger partial charge in [0.25, 0.3) is 0 Å². The van der Waals surface area contributed by atoms with Gasteiger partial charge in [-0.1, -0.05) is 32.0 Å². The van der Waals surface area contributed by atoms with Gasteiger partial charge in [-0.3, -0.25) is 14.4 Å². The van der Waals surface area contributed by atoms with Gasteiger partial charge in [-0.2, -0.15) is 0 Å². The normalized spacial score (nSPS) is 14.8. The van der Waals surface area contributed by atoms with Gasteiger partial charge < -0.3 is 36.9 Å². The molecule has 11 heteroatoms. The van der Waals surface area contributed by atoms with Gasteiger partial charge in [0.2, 0.25) is 17.7 Å². The van der Waals surface area contributed by atoms with Crippen LogP contribution in [0, 0.1) is 5.92 Å². The van der Waals surface area contributed by atoms with Crippen LogP contribution >= 0.6 is 0 Å². The fourth-order valence-electron chi connectivity index (χ4n) is 3.27. The highest BCUT2D eigenvalue weighted by Crippen LogP contribution is 2.18. The molecule has 2 rings (SSSR count). The number of aromatic nitrogens is 1. The van der Waals surface area contributed by atoms with Crippen LogP contribution in [0.3, 0.4) is 0 Å². The predicted octanol–water partition coefficient (Wildman–Crippen LogP) is -0.755. The number of nitrogens with one attached hydrogen (secondary N) is 4. The van der Waals surface area contributed by atoms with Gasteiger partial charge in [0.05, 0.1) is 12.6 Å². The Balaban J connectivity index is 1.94. The molecule has 0 aliphatic rings. The van der Waals surface area contributed by atoms with Crippen LogP contribution in [0.4, 0.5) is 0 Å². The lowest BCUT2D eigenvalue weighted by Crippen LogP contribution is -2.57. The molecule has 3 amide bonds. The SMILES string of the molecule is CC(NC(=O)C(CO)NC(=O)C(N)Cc1c[nH]c2ccccc12)C(=O)NC(C(=O)O)C(C)C. The number of benzene rings is 1. The Morgan fingerprint density at radius 3 is 2.27 bits per heavy atom. The minimum Gasteiger partial charge on any atom is -0.480 e. The third-order valence-corrected chi connectivity index (χ3v) is 5.25. The summed E-state index contributed by atoms with van der Waals surface area (Å²) in [4.78, 5) is 51.6. The van der Waals surface area contributed by atoms with Crippen LogP contribution in [-0.2, 0) is 25.6 Å². The Kier molecular flexibility index (Phi) is 8.94. The summed E-state index contributed by atoms with van der Waals surface area (Å²) in [6, 6.07) is 3.03. The Hall–Kier alpha value is -3.44. The van der Waals surface area contributed by atoms with Crippen molar-refractivity contribution in [3.05, 3.63) is 36.0 Å². The van der Waals surface area contributed by atoms with Crippen molar-refractivity contribution < 1.29 is 29.4 Å². The monoisotopic (exact) mass is 461 g/mol. The van der Waals surface area contributed by atoms with Gasteiger partial charge in [0.1, 0.15) is 18.1 Å². The summed E-state index contributed by atoms with van der Waals surface area (Å²) in [5, 5.41) is 26.8. The number of rotatable bonds is 11. The highest BCUT2D eigenvalue weighted by Gasteiger charge is 2.29. The van der Waals surface area contributed by atoms with E-state index in [9.17, 15) is 29.4 Å². The molecule has 0 bridgehead atoms. The van der Waals surface area contributed by atoms with E-state index in [1.165, 1.54) is 6.92 Å². The lowest BCUT2D eigenvalue weighted by Gasteiger charge is -2.23. The van der Waals surface area contributed by atoms with Gasteiger partial charge in [-0.05, 0) is 30.9 Å². The smallest absolute Gasteiger partial charge is 0.326 e. The molecule has 1 aromatic heterocycles. The third-order valence-electron chi connectivity index (χ3n) is 5.25. The molecule has 4 unspecified atom stereocenters. The van der Waals surface area contributed by atoms with E-state index in [4.69, 9.17) is 5.73 Å². The lowest BCUT2D eigenvalue weighted by molar-refractivity contribution is -0.143. The van der Waals surface area contributed by atoms with Crippen LogP contribution in [0.2, 0.25) is 0 Å². The summed E-state index contributed by atoms with van der Waals surface area (Å²) in [7, 11) is 0. The molecule has 1 heterocycles. The van der Waals surface area contributed by atoms with Gasteiger partial charge >= 0.3 is 5.97 Å². The number of nitrogens with two attached hydrogens (primary N) is 1. The predicted molar refractivity (Wildman–Crippen MR) is 121 cm³/mol. The first-order chi connectivity index (χ1) is 15.5. The second kappa shape index (κ2) is 11.4. The molecule has 180 valence electrons. The maximum atomic E-state index is 12.5. The van der Waals surface area contributed by atoms with Gasteiger partial charge in [-0.15, -0.1) is 0 Å². The molecule has 0 radical (unpaired) electrons. The number of para-hydroxylation sites is 1. The number of H-pyrrole nitrogens is 1. The standard InChI is InChI=1S/C22H31N5O6/c1-11(2)18(22(32)33)27-19(29)12(3)25-21(31)17(10-28)26-20(30)15(23)8-13-9-24-16-7-5-4-6-14(13)16/h4-7,9,11-12,15,17-18,24,28H,8,10,23H2,1-3H3,(H,25,31)(H,26,30)(H,27,29)(H,32,33). The quantitative estimate of drug-likeness (QED) is 0.229. The van der Waals surface area contributed by atoms with E-state index >= 15 is 0 Å². The van der Waals surface area contributed by atoms with E-state index in [-0.39, 0.29) is 12.3 Å². The first kappa shape index (κ1) is 25.8. The van der Waals surface area contributed by atoms with Crippen LogP contribution in [-0.4, -0.2) is 69.7 Å². The third kappa shape index (κ3) is 6.77. The minimum absolute atomic E-state index is 0.209. The number of carbonyl (C=O) groups is 4. The van der Waals surface area contributed by atoms with Crippen molar-refractivity contribution in [2.75, 3.05) is 6.61 Å². The van der Waals surface area contributed by atoms with E-state index in [2.05, 4.69) is 20.9 Å². The number of carboxylic acid groups (broad SMARTS) is 1. The topological polar surface area (TPSA) is 187 Å². The number of hydrogen-bond donors (Lipinski definition) is 7. The zero-order chi connectivity index (χ0) is 24.7. The number of amides is 3. The fraction of sp³-hybridized carbons (Fsp3) is 0.455. The molecule has 0 saturated heterocycles. The molecular formula is C22H31N5O6. The molecule has 0 spiro atoms. The molecular weight excluding hydrogens is 430 g/mol. The van der Waals surface area contributed by atoms with Crippen molar-refractivity contribution in [2.24, 2.45) is 11.7 Å². The number of aliphatic hydroxyl groups is 1. The molecule has 8 N–H and O–H groups in total. The number of carbonyl (C=O) groups excluding carboxylic acids is 3. The summed E-state index contributed by atoms with van der Waals surface area (Å²) in [5.74, 6) is -3.70. The summed E-state index contributed by atoms with van der Waals surface area (Å²) >= 11 is 0. The zero-order valence-corrected chi connectivity index (χ0v) is 18.8. The van der Waals surface area contributed by atoms with Crippen molar-refractivity contribution in [2.45, 2.75) is 51.4 Å². The molecule has 2 aromatic rings. The van der Waals surface area contributed by atoms with Gasteiger partial charge in [-0.25, -0.2) is 4.79 Å². The first-order valence-corrected chi connectivity index (χ1v) is 10.6. The molecule has 0 aliphatic heterocycles. The molecule has 0 fully saturated rings. The summed E-state index contributed by atoms with van der Waals surface area (Å²) in [6.07, 6.45) is 1.97. The number of aromatic amines is 1. The maximum Gasteiger partial charge on any atom is 0.326 e. The average Bonchev–Trinajstić information content (AvgIpc) is 3.17. The van der Waals surface area contributed by atoms with Gasteiger partial charge in [0.15, 0.2) is 0 Å². The molecule has 1 aromatic carbocycles. The molecule has 11 nitrogen and oxygen atoms in total. The van der Waals surface area contributed by atoms with E-state index in [0.29, 0.717) is 0 Å². The zero-order valence-electron chi connectivity index (χ0n) is 18.8. The Labute approximate surface area is 191 Å². The van der Waals surface area contributed by atoms with Crippen molar-refractivity contribution >= 4 is 34.6 Å². The summed E-state index contributed by atoms with van der Waals surface area (Å²) < 4.78 is 0. The van der Waals surface area contributed by atoms with Crippen LogP contribution in [0.5, 0.6) is 0 Å². The van der Waals surface area contributed by atoms with Crippen molar-refractivity contribution in [3.8, 4) is 0 Å². The highest BCUT2D eigenvalue weighted by molar-refractivity contribution is 5.94. The molecule has 0 saturated carbocycles. The van der Waals surface area contributed by atoms with E-state index in [1.807, 2.05) is 24.3 Å². The molecule has 4 atom stereocenters. The van der Waals surface area contributed by atoms with Crippen LogP contribution < -0.4 is 21.7 Å². The van der Waals surface area contributed by atoms with Crippen LogP contribution in [0.1, 0.15) is 26.3 Å². The van der Waals surface area contributed by atoms with Crippen molar-refractivity contribution in [1.82, 2.24) is 20.9 Å². The van der Waals surface area contributed by atoms with E-state index in [1.54, 1.807) is 20.0 Å². The number of carboxylic acids is 1. The maximum absolute atomic E-state index is 12.5. The number of hydrogen-bond acceptors (Lipinski definition) is 6. The minimum atomic E-state index is -1.33. The van der Waals surface area contributed by atoms with Crippen LogP contribution in [0.25, 0.3) is 10.9 Å². The number of aliphatic hydroxyl groups excluding tert-OH is 1. The Morgan fingerprint density at radius 1 is 1.00 bits per heavy atom. The van der Waals surface area contributed by atoms with E-state index < -0.39 is 54.5 Å². The lowest BCUT2D eigenvalue weighted by atomic mass is 10.0. The first-order valence-electron chi connectivity index (χ1n) is 10.6. The number of aliphatic carboxylic acids is 1. The second-order valence-electron chi connectivity index (χ2n) is 8.21.